The normalized spacial score (nSPS) is 22.0. The molecule has 1 aliphatic heterocycles. The van der Waals surface area contributed by atoms with Crippen molar-refractivity contribution in [3.63, 3.8) is 0 Å². The molecule has 1 atom stereocenters. The van der Waals surface area contributed by atoms with Crippen LogP contribution in [0.5, 0.6) is 0 Å². The van der Waals surface area contributed by atoms with Crippen LogP contribution < -0.4 is 5.32 Å². The van der Waals surface area contributed by atoms with Gasteiger partial charge in [-0.3, -0.25) is 0 Å². The summed E-state index contributed by atoms with van der Waals surface area (Å²) in [4.78, 5) is 0. The number of hydrogen-bond acceptors (Lipinski definition) is 3. The Hall–Kier alpha value is -0.980. The van der Waals surface area contributed by atoms with E-state index in [1.54, 1.807) is 6.07 Å². The van der Waals surface area contributed by atoms with Gasteiger partial charge in [-0.05, 0) is 24.6 Å². The van der Waals surface area contributed by atoms with Gasteiger partial charge in [0.2, 0.25) is 10.0 Å². The second-order valence-electron chi connectivity index (χ2n) is 4.60. The van der Waals surface area contributed by atoms with E-state index in [9.17, 15) is 12.8 Å². The smallest absolute Gasteiger partial charge is 0.218 e. The van der Waals surface area contributed by atoms with E-state index in [1.165, 1.54) is 22.5 Å². The highest BCUT2D eigenvalue weighted by atomic mass is 32.2. The summed E-state index contributed by atoms with van der Waals surface area (Å²) in [5, 5.41) is 3.19. The molecule has 1 aromatic rings. The molecule has 4 nitrogen and oxygen atoms in total. The molecule has 0 saturated carbocycles. The van der Waals surface area contributed by atoms with E-state index in [4.69, 9.17) is 0 Å². The summed E-state index contributed by atoms with van der Waals surface area (Å²) in [6, 6.07) is 5.89. The number of hydrogen-bond donors (Lipinski definition) is 1. The maximum atomic E-state index is 13.0. The van der Waals surface area contributed by atoms with Gasteiger partial charge < -0.3 is 5.32 Å². The van der Waals surface area contributed by atoms with E-state index >= 15 is 0 Å². The molecule has 1 saturated heterocycles. The van der Waals surface area contributed by atoms with Gasteiger partial charge in [0.25, 0.3) is 0 Å². The van der Waals surface area contributed by atoms with Crippen LogP contribution in [0.25, 0.3) is 0 Å². The highest BCUT2D eigenvalue weighted by molar-refractivity contribution is 7.88. The molecule has 2 rings (SSSR count). The van der Waals surface area contributed by atoms with Crippen LogP contribution in [0, 0.1) is 5.82 Å². The van der Waals surface area contributed by atoms with E-state index in [1.807, 2.05) is 6.92 Å². The Kier molecular flexibility index (Phi) is 3.99. The zero-order valence-corrected chi connectivity index (χ0v) is 11.1. The van der Waals surface area contributed by atoms with Crippen LogP contribution in [0.2, 0.25) is 0 Å². The molecule has 1 aliphatic rings. The number of sulfonamides is 1. The molecule has 18 heavy (non-hydrogen) atoms. The third-order valence-corrected chi connectivity index (χ3v) is 4.78. The van der Waals surface area contributed by atoms with Crippen LogP contribution in [-0.4, -0.2) is 38.4 Å². The molecule has 0 spiro atoms. The first-order chi connectivity index (χ1) is 8.47. The Balaban J connectivity index is 2.11. The van der Waals surface area contributed by atoms with Gasteiger partial charge >= 0.3 is 0 Å². The van der Waals surface area contributed by atoms with Crippen LogP contribution >= 0.6 is 0 Å². The maximum Gasteiger partial charge on any atom is 0.218 e. The third-order valence-electron chi connectivity index (χ3n) is 2.96. The third kappa shape index (κ3) is 3.28. The lowest BCUT2D eigenvalue weighted by Crippen LogP contribution is -2.51. The number of halogens is 1. The van der Waals surface area contributed by atoms with Crippen LogP contribution in [-0.2, 0) is 15.8 Å². The Bertz CT molecular complexity index is 519. The van der Waals surface area contributed by atoms with Crippen molar-refractivity contribution in [2.75, 3.05) is 19.6 Å². The lowest BCUT2D eigenvalue weighted by atomic mass is 10.2. The summed E-state index contributed by atoms with van der Waals surface area (Å²) < 4.78 is 38.9. The van der Waals surface area contributed by atoms with Crippen LogP contribution in [0.3, 0.4) is 0 Å². The van der Waals surface area contributed by atoms with Gasteiger partial charge in [0.1, 0.15) is 5.82 Å². The molecule has 1 N–H and O–H groups in total. The SMILES string of the molecule is C[C@H]1CN(S(=O)(=O)Cc2cccc(F)c2)CCN1. The van der Waals surface area contributed by atoms with E-state index in [2.05, 4.69) is 5.32 Å². The Morgan fingerprint density at radius 2 is 2.28 bits per heavy atom. The number of benzene rings is 1. The maximum absolute atomic E-state index is 13.0. The van der Waals surface area contributed by atoms with E-state index in [-0.39, 0.29) is 11.8 Å². The summed E-state index contributed by atoms with van der Waals surface area (Å²) >= 11 is 0. The number of rotatable bonds is 3. The lowest BCUT2D eigenvalue weighted by Gasteiger charge is -2.31. The number of nitrogens with one attached hydrogen (secondary N) is 1. The summed E-state index contributed by atoms with van der Waals surface area (Å²) in [6.45, 7) is 3.55. The molecule has 0 unspecified atom stereocenters. The summed E-state index contributed by atoms with van der Waals surface area (Å²) in [7, 11) is -3.36. The van der Waals surface area contributed by atoms with Crippen LogP contribution in [0.4, 0.5) is 4.39 Å². The molecule has 1 aromatic carbocycles. The molecule has 0 bridgehead atoms. The average molecular weight is 272 g/mol. The Morgan fingerprint density at radius 3 is 2.94 bits per heavy atom. The zero-order chi connectivity index (χ0) is 13.2. The van der Waals surface area contributed by atoms with Gasteiger partial charge in [-0.2, -0.15) is 4.31 Å². The van der Waals surface area contributed by atoms with Crippen molar-refractivity contribution in [1.29, 1.82) is 0 Å². The minimum atomic E-state index is -3.36. The highest BCUT2D eigenvalue weighted by Gasteiger charge is 2.26. The Morgan fingerprint density at radius 1 is 1.50 bits per heavy atom. The summed E-state index contributed by atoms with van der Waals surface area (Å²) in [6.07, 6.45) is 0. The molecule has 100 valence electrons. The second-order valence-corrected chi connectivity index (χ2v) is 6.57. The van der Waals surface area contributed by atoms with Gasteiger partial charge in [0.15, 0.2) is 0 Å². The molecular weight excluding hydrogens is 255 g/mol. The van der Waals surface area contributed by atoms with Crippen molar-refractivity contribution >= 4 is 10.0 Å². The predicted octanol–water partition coefficient (Wildman–Crippen LogP) is 0.949. The summed E-state index contributed by atoms with van der Waals surface area (Å²) in [5.74, 6) is -0.548. The largest absolute Gasteiger partial charge is 0.312 e. The minimum absolute atomic E-state index is 0.141. The zero-order valence-electron chi connectivity index (χ0n) is 10.3. The molecule has 0 amide bonds. The Labute approximate surface area is 107 Å². The second kappa shape index (κ2) is 5.34. The number of nitrogens with zero attached hydrogens (tertiary/aromatic N) is 1. The molecular formula is C12H17FN2O2S. The van der Waals surface area contributed by atoms with E-state index < -0.39 is 15.8 Å². The lowest BCUT2D eigenvalue weighted by molar-refractivity contribution is 0.310. The number of piperazine rings is 1. The fraction of sp³-hybridized carbons (Fsp3) is 0.500. The summed E-state index contributed by atoms with van der Waals surface area (Å²) in [5.41, 5.74) is 0.487. The minimum Gasteiger partial charge on any atom is -0.312 e. The van der Waals surface area contributed by atoms with Gasteiger partial charge in [-0.15, -0.1) is 0 Å². The van der Waals surface area contributed by atoms with Crippen molar-refractivity contribution in [2.45, 2.75) is 18.7 Å². The molecule has 0 aliphatic carbocycles. The standard InChI is InChI=1S/C12H17FN2O2S/c1-10-8-15(6-5-14-10)18(16,17)9-11-3-2-4-12(13)7-11/h2-4,7,10,14H,5-6,8-9H2,1H3/t10-/m0/s1. The fourth-order valence-electron chi connectivity index (χ4n) is 2.08. The topological polar surface area (TPSA) is 49.4 Å². The first-order valence-corrected chi connectivity index (χ1v) is 7.54. The highest BCUT2D eigenvalue weighted by Crippen LogP contribution is 2.13. The van der Waals surface area contributed by atoms with Crippen molar-refractivity contribution in [3.05, 3.63) is 35.6 Å². The van der Waals surface area contributed by atoms with Gasteiger partial charge in [-0.25, -0.2) is 12.8 Å². The predicted molar refractivity (Wildman–Crippen MR) is 68.1 cm³/mol. The first kappa shape index (κ1) is 13.5. The molecule has 1 heterocycles. The van der Waals surface area contributed by atoms with Crippen molar-refractivity contribution < 1.29 is 12.8 Å². The fourth-order valence-corrected chi connectivity index (χ4v) is 3.68. The van der Waals surface area contributed by atoms with E-state index in [0.717, 1.165) is 0 Å². The van der Waals surface area contributed by atoms with Gasteiger partial charge in [0, 0.05) is 25.7 Å². The van der Waals surface area contributed by atoms with Crippen LogP contribution in [0.15, 0.2) is 24.3 Å². The van der Waals surface area contributed by atoms with Crippen molar-refractivity contribution in [3.8, 4) is 0 Å². The molecule has 1 fully saturated rings. The van der Waals surface area contributed by atoms with Crippen molar-refractivity contribution in [1.82, 2.24) is 9.62 Å². The average Bonchev–Trinajstić information content (AvgIpc) is 2.28. The molecule has 6 heteroatoms. The quantitative estimate of drug-likeness (QED) is 0.891. The monoisotopic (exact) mass is 272 g/mol. The van der Waals surface area contributed by atoms with Crippen LogP contribution in [0.1, 0.15) is 12.5 Å². The van der Waals surface area contributed by atoms with Gasteiger partial charge in [0.05, 0.1) is 5.75 Å². The molecule has 0 aromatic heterocycles. The van der Waals surface area contributed by atoms with E-state index in [0.29, 0.717) is 25.2 Å². The first-order valence-electron chi connectivity index (χ1n) is 5.93. The van der Waals surface area contributed by atoms with Gasteiger partial charge in [-0.1, -0.05) is 12.1 Å². The van der Waals surface area contributed by atoms with Crippen molar-refractivity contribution in [2.24, 2.45) is 0 Å². The molecule has 0 radical (unpaired) electrons.